The van der Waals surface area contributed by atoms with Gasteiger partial charge in [0.15, 0.2) is 0 Å². The van der Waals surface area contributed by atoms with E-state index in [1.165, 1.54) is 11.1 Å². The number of carboxylic acid groups (broad SMARTS) is 1. The van der Waals surface area contributed by atoms with Gasteiger partial charge in [-0.2, -0.15) is 13.2 Å². The molecule has 3 aromatic rings. The SMILES string of the molecule is CC(C(=O)Nc1ccc(Oc2ccccc2)cn1)N1CCc2ccccc2C1.O=C(O)C(F)(F)F. The summed E-state index contributed by atoms with van der Waals surface area (Å²) in [5.41, 5.74) is 2.68. The van der Waals surface area contributed by atoms with Crippen molar-refractivity contribution in [3.05, 3.63) is 84.1 Å². The summed E-state index contributed by atoms with van der Waals surface area (Å²) in [5, 5.41) is 10.0. The number of carboxylic acids is 1. The number of carbonyl (C=O) groups is 2. The van der Waals surface area contributed by atoms with Crippen molar-refractivity contribution in [2.24, 2.45) is 0 Å². The zero-order valence-electron chi connectivity index (χ0n) is 18.8. The molecular weight excluding hydrogens is 463 g/mol. The fourth-order valence-electron chi connectivity index (χ4n) is 3.38. The molecule has 1 aromatic heterocycles. The molecule has 35 heavy (non-hydrogen) atoms. The van der Waals surface area contributed by atoms with Crippen LogP contribution in [-0.2, 0) is 22.6 Å². The number of carbonyl (C=O) groups excluding carboxylic acids is 1. The molecule has 0 saturated heterocycles. The average molecular weight is 487 g/mol. The first kappa shape index (κ1) is 25.7. The minimum atomic E-state index is -5.08. The Labute approximate surface area is 200 Å². The number of pyridine rings is 1. The summed E-state index contributed by atoms with van der Waals surface area (Å²) in [6, 6.07) is 21.3. The predicted octanol–water partition coefficient (Wildman–Crippen LogP) is 4.89. The number of rotatable bonds is 5. The molecule has 1 amide bonds. The van der Waals surface area contributed by atoms with E-state index in [1.807, 2.05) is 37.3 Å². The van der Waals surface area contributed by atoms with E-state index >= 15 is 0 Å². The topological polar surface area (TPSA) is 91.8 Å². The van der Waals surface area contributed by atoms with Crippen molar-refractivity contribution in [2.45, 2.75) is 32.1 Å². The summed E-state index contributed by atoms with van der Waals surface area (Å²) < 4.78 is 37.5. The van der Waals surface area contributed by atoms with Crippen LogP contribution in [-0.4, -0.2) is 45.6 Å². The normalized spacial score (nSPS) is 14.1. The number of ether oxygens (including phenoxy) is 1. The highest BCUT2D eigenvalue weighted by Gasteiger charge is 2.38. The molecule has 1 aliphatic rings. The summed E-state index contributed by atoms with van der Waals surface area (Å²) >= 11 is 0. The van der Waals surface area contributed by atoms with Crippen molar-refractivity contribution in [1.82, 2.24) is 9.88 Å². The van der Waals surface area contributed by atoms with Crippen molar-refractivity contribution in [2.75, 3.05) is 11.9 Å². The molecule has 2 N–H and O–H groups in total. The lowest BCUT2D eigenvalue weighted by molar-refractivity contribution is -0.192. The molecule has 1 aliphatic heterocycles. The van der Waals surface area contributed by atoms with Crippen molar-refractivity contribution in [3.8, 4) is 11.5 Å². The lowest BCUT2D eigenvalue weighted by atomic mass is 9.99. The van der Waals surface area contributed by atoms with Crippen molar-refractivity contribution >= 4 is 17.7 Å². The summed E-state index contributed by atoms with van der Waals surface area (Å²) in [6.07, 6.45) is -2.50. The number of aromatic nitrogens is 1. The summed E-state index contributed by atoms with van der Waals surface area (Å²) in [6.45, 7) is 3.61. The van der Waals surface area contributed by atoms with Gasteiger partial charge >= 0.3 is 12.1 Å². The quantitative estimate of drug-likeness (QED) is 0.532. The molecule has 4 rings (SSSR count). The zero-order valence-corrected chi connectivity index (χ0v) is 18.8. The molecule has 0 spiro atoms. The molecule has 2 aromatic carbocycles. The van der Waals surface area contributed by atoms with E-state index in [9.17, 15) is 18.0 Å². The Morgan fingerprint density at radius 1 is 1.00 bits per heavy atom. The number of halogens is 3. The van der Waals surface area contributed by atoms with Gasteiger partial charge in [-0.05, 0) is 48.7 Å². The van der Waals surface area contributed by atoms with E-state index in [0.29, 0.717) is 11.6 Å². The summed E-state index contributed by atoms with van der Waals surface area (Å²) in [7, 11) is 0. The monoisotopic (exact) mass is 487 g/mol. The van der Waals surface area contributed by atoms with Crippen LogP contribution in [0.3, 0.4) is 0 Å². The van der Waals surface area contributed by atoms with Crippen molar-refractivity contribution < 1.29 is 32.6 Å². The smallest absolute Gasteiger partial charge is 0.475 e. The van der Waals surface area contributed by atoms with Gasteiger partial charge < -0.3 is 15.2 Å². The van der Waals surface area contributed by atoms with E-state index in [4.69, 9.17) is 14.6 Å². The Morgan fingerprint density at radius 3 is 2.23 bits per heavy atom. The first-order valence-corrected chi connectivity index (χ1v) is 10.7. The Hall–Kier alpha value is -3.92. The number of aliphatic carboxylic acids is 1. The van der Waals surface area contributed by atoms with Crippen LogP contribution in [0.2, 0.25) is 0 Å². The minimum absolute atomic E-state index is 0.0522. The highest BCUT2D eigenvalue weighted by Crippen LogP contribution is 2.22. The maximum Gasteiger partial charge on any atom is 0.490 e. The van der Waals surface area contributed by atoms with Crippen LogP contribution < -0.4 is 10.1 Å². The van der Waals surface area contributed by atoms with Crippen LogP contribution in [0.25, 0.3) is 0 Å². The molecule has 2 heterocycles. The summed E-state index contributed by atoms with van der Waals surface area (Å²) in [4.78, 5) is 28.1. The van der Waals surface area contributed by atoms with Gasteiger partial charge in [-0.3, -0.25) is 9.69 Å². The number of benzene rings is 2. The minimum Gasteiger partial charge on any atom is -0.475 e. The maximum atomic E-state index is 12.7. The number of hydrogen-bond donors (Lipinski definition) is 2. The second-order valence-electron chi connectivity index (χ2n) is 7.75. The second kappa shape index (κ2) is 11.5. The molecule has 1 unspecified atom stereocenters. The number of nitrogens with zero attached hydrogens (tertiary/aromatic N) is 2. The lowest BCUT2D eigenvalue weighted by Gasteiger charge is -2.32. The molecule has 0 bridgehead atoms. The third-order valence-corrected chi connectivity index (χ3v) is 5.30. The van der Waals surface area contributed by atoms with Gasteiger partial charge in [-0.15, -0.1) is 0 Å². The molecule has 184 valence electrons. The first-order chi connectivity index (χ1) is 16.6. The zero-order chi connectivity index (χ0) is 25.4. The van der Waals surface area contributed by atoms with Gasteiger partial charge in [0.1, 0.15) is 17.3 Å². The molecule has 0 saturated carbocycles. The second-order valence-corrected chi connectivity index (χ2v) is 7.75. The number of para-hydroxylation sites is 1. The number of amides is 1. The lowest BCUT2D eigenvalue weighted by Crippen LogP contribution is -2.44. The van der Waals surface area contributed by atoms with Gasteiger partial charge in [0.05, 0.1) is 12.2 Å². The van der Waals surface area contributed by atoms with E-state index in [-0.39, 0.29) is 11.9 Å². The number of fused-ring (bicyclic) bond motifs is 1. The Bertz CT molecular complexity index is 1140. The van der Waals surface area contributed by atoms with Crippen LogP contribution in [0.4, 0.5) is 19.0 Å². The molecule has 0 aliphatic carbocycles. The number of hydrogen-bond acceptors (Lipinski definition) is 5. The molecule has 0 radical (unpaired) electrons. The van der Waals surface area contributed by atoms with Gasteiger partial charge in [0.25, 0.3) is 0 Å². The maximum absolute atomic E-state index is 12.7. The van der Waals surface area contributed by atoms with Crippen molar-refractivity contribution in [1.29, 1.82) is 0 Å². The number of alkyl halides is 3. The fraction of sp³-hybridized carbons (Fsp3) is 0.240. The van der Waals surface area contributed by atoms with Gasteiger partial charge in [0.2, 0.25) is 5.91 Å². The Balaban J connectivity index is 0.000000429. The van der Waals surface area contributed by atoms with Crippen LogP contribution >= 0.6 is 0 Å². The Morgan fingerprint density at radius 2 is 1.63 bits per heavy atom. The standard InChI is InChI=1S/C23H23N3O2.C2HF3O2/c1-17(26-14-13-18-7-5-6-8-19(18)16-26)23(27)25-22-12-11-21(15-24-22)28-20-9-3-2-4-10-20;3-2(4,5)1(6)7/h2-12,15,17H,13-14,16H2,1H3,(H,24,25,27);(H,6,7). The van der Waals surface area contributed by atoms with E-state index in [0.717, 1.165) is 25.3 Å². The van der Waals surface area contributed by atoms with Gasteiger partial charge in [-0.25, -0.2) is 9.78 Å². The highest BCUT2D eigenvalue weighted by atomic mass is 19.4. The first-order valence-electron chi connectivity index (χ1n) is 10.7. The van der Waals surface area contributed by atoms with Crippen LogP contribution in [0.1, 0.15) is 18.1 Å². The van der Waals surface area contributed by atoms with Crippen LogP contribution in [0.5, 0.6) is 11.5 Å². The average Bonchev–Trinajstić information content (AvgIpc) is 2.85. The van der Waals surface area contributed by atoms with E-state index < -0.39 is 12.1 Å². The molecule has 7 nitrogen and oxygen atoms in total. The largest absolute Gasteiger partial charge is 0.490 e. The van der Waals surface area contributed by atoms with E-state index in [1.54, 1.807) is 18.3 Å². The van der Waals surface area contributed by atoms with E-state index in [2.05, 4.69) is 39.5 Å². The fourth-order valence-corrected chi connectivity index (χ4v) is 3.38. The molecule has 10 heteroatoms. The van der Waals surface area contributed by atoms with Gasteiger partial charge in [-0.1, -0.05) is 42.5 Å². The Kier molecular flexibility index (Phi) is 8.43. The molecule has 1 atom stereocenters. The molecular formula is C25H24F3N3O4. The number of anilines is 1. The molecule has 0 fully saturated rings. The summed E-state index contributed by atoms with van der Waals surface area (Å²) in [5.74, 6) is -0.907. The number of nitrogens with one attached hydrogen (secondary N) is 1. The van der Waals surface area contributed by atoms with Crippen LogP contribution in [0, 0.1) is 0 Å². The van der Waals surface area contributed by atoms with Crippen LogP contribution in [0.15, 0.2) is 72.9 Å². The van der Waals surface area contributed by atoms with Crippen molar-refractivity contribution in [3.63, 3.8) is 0 Å². The van der Waals surface area contributed by atoms with Gasteiger partial charge in [0, 0.05) is 13.1 Å². The predicted molar refractivity (Wildman–Crippen MR) is 123 cm³/mol. The third kappa shape index (κ3) is 7.54. The third-order valence-electron chi connectivity index (χ3n) is 5.30. The highest BCUT2D eigenvalue weighted by molar-refractivity contribution is 5.93.